The SMILES string of the molecule is COc1cc2ncnc(-c3cn(C)nc3-c3ccccc3)c2cc1NC(=O)c1cnccc1F. The van der Waals surface area contributed by atoms with Gasteiger partial charge in [0.2, 0.25) is 0 Å². The number of amides is 1. The summed E-state index contributed by atoms with van der Waals surface area (Å²) in [5, 5.41) is 8.03. The highest BCUT2D eigenvalue weighted by atomic mass is 19.1. The predicted octanol–water partition coefficient (Wildman–Crippen LogP) is 4.49. The van der Waals surface area contributed by atoms with Crippen molar-refractivity contribution < 1.29 is 13.9 Å². The molecule has 0 atom stereocenters. The molecule has 0 spiro atoms. The van der Waals surface area contributed by atoms with Gasteiger partial charge < -0.3 is 10.1 Å². The molecule has 0 aliphatic carbocycles. The molecule has 5 rings (SSSR count). The number of nitrogens with zero attached hydrogens (tertiary/aromatic N) is 5. The summed E-state index contributed by atoms with van der Waals surface area (Å²) in [6.45, 7) is 0. The van der Waals surface area contributed by atoms with Crippen LogP contribution in [0.4, 0.5) is 10.1 Å². The minimum absolute atomic E-state index is 0.173. The van der Waals surface area contributed by atoms with Gasteiger partial charge in [0, 0.05) is 48.2 Å². The first-order chi connectivity index (χ1) is 16.5. The van der Waals surface area contributed by atoms with Gasteiger partial charge in [-0.1, -0.05) is 30.3 Å². The third-order valence-electron chi connectivity index (χ3n) is 5.35. The number of benzene rings is 2. The minimum atomic E-state index is -0.667. The van der Waals surface area contributed by atoms with E-state index in [2.05, 4.69) is 25.4 Å². The third kappa shape index (κ3) is 3.83. The summed E-state index contributed by atoms with van der Waals surface area (Å²) in [5.74, 6) is -0.934. The molecule has 0 aliphatic heterocycles. The predicted molar refractivity (Wildman–Crippen MR) is 126 cm³/mol. The lowest BCUT2D eigenvalue weighted by atomic mass is 10.0. The van der Waals surface area contributed by atoms with Crippen molar-refractivity contribution in [3.63, 3.8) is 0 Å². The Hall–Kier alpha value is -4.66. The number of rotatable bonds is 5. The number of halogens is 1. The molecule has 0 bridgehead atoms. The van der Waals surface area contributed by atoms with E-state index >= 15 is 0 Å². The van der Waals surface area contributed by atoms with Crippen molar-refractivity contribution >= 4 is 22.5 Å². The second-order valence-corrected chi connectivity index (χ2v) is 7.53. The van der Waals surface area contributed by atoms with Gasteiger partial charge in [-0.25, -0.2) is 14.4 Å². The van der Waals surface area contributed by atoms with Gasteiger partial charge in [0.25, 0.3) is 5.91 Å². The molecule has 8 nitrogen and oxygen atoms in total. The van der Waals surface area contributed by atoms with Crippen LogP contribution in [0.1, 0.15) is 10.4 Å². The van der Waals surface area contributed by atoms with Crippen molar-refractivity contribution in [2.24, 2.45) is 7.05 Å². The van der Waals surface area contributed by atoms with Crippen LogP contribution in [-0.2, 0) is 7.05 Å². The normalized spacial score (nSPS) is 10.9. The maximum Gasteiger partial charge on any atom is 0.260 e. The molecule has 1 amide bonds. The highest BCUT2D eigenvalue weighted by molar-refractivity contribution is 6.07. The molecule has 0 radical (unpaired) electrons. The zero-order valence-electron chi connectivity index (χ0n) is 18.4. The van der Waals surface area contributed by atoms with Gasteiger partial charge in [-0.05, 0) is 12.1 Å². The Balaban J connectivity index is 1.65. The Morgan fingerprint density at radius 3 is 2.68 bits per heavy atom. The number of carbonyl (C=O) groups excluding carboxylic acids is 1. The van der Waals surface area contributed by atoms with Crippen LogP contribution in [0, 0.1) is 5.82 Å². The monoisotopic (exact) mass is 454 g/mol. The molecule has 168 valence electrons. The fourth-order valence-corrected chi connectivity index (χ4v) is 3.77. The quantitative estimate of drug-likeness (QED) is 0.420. The van der Waals surface area contributed by atoms with Crippen LogP contribution >= 0.6 is 0 Å². The van der Waals surface area contributed by atoms with E-state index in [0.29, 0.717) is 28.0 Å². The number of carbonyl (C=O) groups is 1. The van der Waals surface area contributed by atoms with Crippen molar-refractivity contribution in [3.05, 3.63) is 84.8 Å². The van der Waals surface area contributed by atoms with Gasteiger partial charge in [-0.2, -0.15) is 5.10 Å². The molecule has 0 saturated heterocycles. The third-order valence-corrected chi connectivity index (χ3v) is 5.35. The lowest BCUT2D eigenvalue weighted by molar-refractivity contribution is 0.102. The molecule has 0 saturated carbocycles. The number of nitrogens with one attached hydrogen (secondary N) is 1. The molecule has 0 unspecified atom stereocenters. The average Bonchev–Trinajstić information content (AvgIpc) is 3.25. The zero-order chi connectivity index (χ0) is 23.7. The molecule has 3 heterocycles. The highest BCUT2D eigenvalue weighted by Gasteiger charge is 2.20. The topological polar surface area (TPSA) is 94.8 Å². The molecule has 34 heavy (non-hydrogen) atoms. The average molecular weight is 454 g/mol. The molecular weight excluding hydrogens is 435 g/mol. The van der Waals surface area contributed by atoms with Crippen molar-refractivity contribution in [1.82, 2.24) is 24.7 Å². The number of aryl methyl sites for hydroxylation is 1. The summed E-state index contributed by atoms with van der Waals surface area (Å²) >= 11 is 0. The van der Waals surface area contributed by atoms with Crippen LogP contribution in [0.15, 0.2) is 73.4 Å². The summed E-state index contributed by atoms with van der Waals surface area (Å²) in [6.07, 6.45) is 5.82. The van der Waals surface area contributed by atoms with Crippen molar-refractivity contribution in [1.29, 1.82) is 0 Å². The van der Waals surface area contributed by atoms with Gasteiger partial charge in [0.1, 0.15) is 23.6 Å². The fraction of sp³-hybridized carbons (Fsp3) is 0.0800. The van der Waals surface area contributed by atoms with E-state index < -0.39 is 11.7 Å². The number of ether oxygens (including phenoxy) is 1. The van der Waals surface area contributed by atoms with Gasteiger partial charge in [-0.15, -0.1) is 0 Å². The van der Waals surface area contributed by atoms with Crippen LogP contribution in [0.25, 0.3) is 33.4 Å². The fourth-order valence-electron chi connectivity index (χ4n) is 3.77. The van der Waals surface area contributed by atoms with Crippen LogP contribution < -0.4 is 10.1 Å². The number of hydrogen-bond donors (Lipinski definition) is 1. The number of hydrogen-bond acceptors (Lipinski definition) is 6. The summed E-state index contributed by atoms with van der Waals surface area (Å²) in [6, 6.07) is 14.3. The van der Waals surface area contributed by atoms with E-state index in [1.165, 1.54) is 25.8 Å². The number of pyridine rings is 1. The van der Waals surface area contributed by atoms with E-state index in [0.717, 1.165) is 22.9 Å². The standard InChI is InChI=1S/C25H19FN6O2/c1-32-13-18(23(31-32)15-6-4-3-5-7-15)24-16-10-21(22(34-2)11-20(16)28-14-29-24)30-25(33)17-12-27-9-8-19(17)26/h3-14H,1-2H3,(H,30,33). The molecule has 5 aromatic rings. The first kappa shape index (κ1) is 21.2. The molecule has 0 fully saturated rings. The van der Waals surface area contributed by atoms with Gasteiger partial charge in [-0.3, -0.25) is 14.5 Å². The Morgan fingerprint density at radius 1 is 1.09 bits per heavy atom. The number of methoxy groups -OCH3 is 1. The van der Waals surface area contributed by atoms with E-state index in [1.54, 1.807) is 16.8 Å². The van der Waals surface area contributed by atoms with E-state index in [-0.39, 0.29) is 5.56 Å². The smallest absolute Gasteiger partial charge is 0.260 e. The van der Waals surface area contributed by atoms with E-state index in [1.807, 2.05) is 43.6 Å². The largest absolute Gasteiger partial charge is 0.494 e. The molecule has 3 aromatic heterocycles. The molecule has 0 aliphatic rings. The summed E-state index contributed by atoms with van der Waals surface area (Å²) in [4.78, 5) is 25.5. The van der Waals surface area contributed by atoms with Crippen molar-refractivity contribution in [3.8, 4) is 28.3 Å². The van der Waals surface area contributed by atoms with Crippen LogP contribution in [-0.4, -0.2) is 37.7 Å². The first-order valence-electron chi connectivity index (χ1n) is 10.4. The summed E-state index contributed by atoms with van der Waals surface area (Å²) in [7, 11) is 3.33. The minimum Gasteiger partial charge on any atom is -0.494 e. The summed E-state index contributed by atoms with van der Waals surface area (Å²) < 4.78 is 21.3. The molecule has 1 N–H and O–H groups in total. The van der Waals surface area contributed by atoms with Gasteiger partial charge in [0.15, 0.2) is 0 Å². The molecule has 9 heteroatoms. The van der Waals surface area contributed by atoms with Crippen molar-refractivity contribution in [2.45, 2.75) is 0 Å². The Labute approximate surface area is 194 Å². The number of aromatic nitrogens is 5. The molecular formula is C25H19FN6O2. The number of fused-ring (bicyclic) bond motifs is 1. The second-order valence-electron chi connectivity index (χ2n) is 7.53. The Kier molecular flexibility index (Phi) is 5.43. The van der Waals surface area contributed by atoms with Gasteiger partial charge >= 0.3 is 0 Å². The van der Waals surface area contributed by atoms with Crippen LogP contribution in [0.3, 0.4) is 0 Å². The van der Waals surface area contributed by atoms with Gasteiger partial charge in [0.05, 0.1) is 29.6 Å². The second kappa shape index (κ2) is 8.70. The van der Waals surface area contributed by atoms with Crippen LogP contribution in [0.2, 0.25) is 0 Å². The van der Waals surface area contributed by atoms with E-state index in [9.17, 15) is 9.18 Å². The Morgan fingerprint density at radius 2 is 1.91 bits per heavy atom. The number of anilines is 1. The molecule has 2 aromatic carbocycles. The van der Waals surface area contributed by atoms with E-state index in [4.69, 9.17) is 4.74 Å². The lowest BCUT2D eigenvalue weighted by Gasteiger charge is -2.13. The van der Waals surface area contributed by atoms with Crippen LogP contribution in [0.5, 0.6) is 5.75 Å². The first-order valence-corrected chi connectivity index (χ1v) is 10.4. The highest BCUT2D eigenvalue weighted by Crippen LogP contribution is 2.37. The van der Waals surface area contributed by atoms with Crippen molar-refractivity contribution in [2.75, 3.05) is 12.4 Å². The zero-order valence-corrected chi connectivity index (χ0v) is 18.4. The maximum absolute atomic E-state index is 14.1. The summed E-state index contributed by atoms with van der Waals surface area (Å²) in [5.41, 5.74) is 3.96. The Bertz CT molecular complexity index is 1520. The maximum atomic E-state index is 14.1. The lowest BCUT2D eigenvalue weighted by Crippen LogP contribution is -2.14.